The number of nitro groups is 1. The summed E-state index contributed by atoms with van der Waals surface area (Å²) in [5, 5.41) is 14.1. The van der Waals surface area contributed by atoms with Crippen LogP contribution in [0.15, 0.2) is 12.4 Å². The number of rotatable bonds is 6. The SMILES string of the molecule is CCOC(=O)CN(C)C(=O)Cn1cc([N+](=O)[O-])cn1. The van der Waals surface area contributed by atoms with Gasteiger partial charge in [0.1, 0.15) is 25.5 Å². The van der Waals surface area contributed by atoms with E-state index in [0.29, 0.717) is 0 Å². The van der Waals surface area contributed by atoms with E-state index in [0.717, 1.165) is 17.1 Å². The highest BCUT2D eigenvalue weighted by Crippen LogP contribution is 2.07. The first kappa shape index (κ1) is 14.6. The van der Waals surface area contributed by atoms with Crippen LogP contribution in [0.4, 0.5) is 5.69 Å². The molecule has 104 valence electrons. The van der Waals surface area contributed by atoms with Crippen molar-refractivity contribution in [3.63, 3.8) is 0 Å². The highest BCUT2D eigenvalue weighted by Gasteiger charge is 2.16. The fourth-order valence-corrected chi connectivity index (χ4v) is 1.28. The van der Waals surface area contributed by atoms with Crippen LogP contribution in [-0.4, -0.2) is 51.7 Å². The molecule has 0 spiro atoms. The number of ether oxygens (including phenoxy) is 1. The quantitative estimate of drug-likeness (QED) is 0.403. The number of nitrogens with zero attached hydrogens (tertiary/aromatic N) is 4. The van der Waals surface area contributed by atoms with E-state index in [1.54, 1.807) is 6.92 Å². The molecule has 9 heteroatoms. The van der Waals surface area contributed by atoms with Crippen LogP contribution in [-0.2, 0) is 20.9 Å². The Morgan fingerprint density at radius 3 is 2.79 bits per heavy atom. The summed E-state index contributed by atoms with van der Waals surface area (Å²) in [6, 6.07) is 0. The van der Waals surface area contributed by atoms with Crippen LogP contribution >= 0.6 is 0 Å². The van der Waals surface area contributed by atoms with E-state index >= 15 is 0 Å². The van der Waals surface area contributed by atoms with Gasteiger partial charge in [0, 0.05) is 7.05 Å². The fourth-order valence-electron chi connectivity index (χ4n) is 1.28. The highest BCUT2D eigenvalue weighted by molar-refractivity contribution is 5.81. The van der Waals surface area contributed by atoms with Crippen molar-refractivity contribution in [2.24, 2.45) is 0 Å². The van der Waals surface area contributed by atoms with Gasteiger partial charge in [0.15, 0.2) is 0 Å². The summed E-state index contributed by atoms with van der Waals surface area (Å²) in [5.74, 6) is -0.907. The van der Waals surface area contributed by atoms with E-state index in [4.69, 9.17) is 4.74 Å². The Balaban J connectivity index is 2.53. The second kappa shape index (κ2) is 6.47. The van der Waals surface area contributed by atoms with Crippen molar-refractivity contribution in [3.05, 3.63) is 22.5 Å². The number of likely N-dealkylation sites (N-methyl/N-ethyl adjacent to an activating group) is 1. The molecule has 1 rings (SSSR count). The molecule has 0 aromatic carbocycles. The summed E-state index contributed by atoms with van der Waals surface area (Å²) in [7, 11) is 1.44. The molecule has 1 heterocycles. The number of carbonyl (C=O) groups is 2. The van der Waals surface area contributed by atoms with Gasteiger partial charge in [-0.2, -0.15) is 5.10 Å². The standard InChI is InChI=1S/C10H14N4O5/c1-3-19-10(16)7-12(2)9(15)6-13-5-8(4-11-13)14(17)18/h4-5H,3,6-7H2,1-2H3. The molecule has 1 amide bonds. The van der Waals surface area contributed by atoms with Gasteiger partial charge in [-0.1, -0.05) is 0 Å². The zero-order chi connectivity index (χ0) is 14.4. The minimum Gasteiger partial charge on any atom is -0.465 e. The van der Waals surface area contributed by atoms with Crippen molar-refractivity contribution in [1.29, 1.82) is 0 Å². The van der Waals surface area contributed by atoms with Crippen LogP contribution in [0.2, 0.25) is 0 Å². The topological polar surface area (TPSA) is 108 Å². The Bertz CT molecular complexity index is 484. The van der Waals surface area contributed by atoms with Crippen LogP contribution < -0.4 is 0 Å². The number of carbonyl (C=O) groups excluding carboxylic acids is 2. The molecule has 0 aliphatic heterocycles. The van der Waals surface area contributed by atoms with Gasteiger partial charge in [-0.25, -0.2) is 0 Å². The Morgan fingerprint density at radius 2 is 2.26 bits per heavy atom. The molecule has 1 aromatic rings. The van der Waals surface area contributed by atoms with Gasteiger partial charge in [0.25, 0.3) is 0 Å². The second-order valence-electron chi connectivity index (χ2n) is 3.71. The van der Waals surface area contributed by atoms with E-state index < -0.39 is 16.8 Å². The van der Waals surface area contributed by atoms with Crippen LogP contribution in [0.5, 0.6) is 0 Å². The molecule has 1 aromatic heterocycles. The molecular weight excluding hydrogens is 256 g/mol. The summed E-state index contributed by atoms with van der Waals surface area (Å²) in [6.07, 6.45) is 2.20. The third kappa shape index (κ3) is 4.37. The highest BCUT2D eigenvalue weighted by atomic mass is 16.6. The van der Waals surface area contributed by atoms with Crippen molar-refractivity contribution in [3.8, 4) is 0 Å². The first-order chi connectivity index (χ1) is 8.93. The summed E-state index contributed by atoms with van der Waals surface area (Å²) in [6.45, 7) is 1.56. The summed E-state index contributed by atoms with van der Waals surface area (Å²) < 4.78 is 5.84. The smallest absolute Gasteiger partial charge is 0.325 e. The van der Waals surface area contributed by atoms with Crippen LogP contribution in [0.3, 0.4) is 0 Å². The lowest BCUT2D eigenvalue weighted by atomic mass is 10.5. The number of hydrogen-bond acceptors (Lipinski definition) is 6. The van der Waals surface area contributed by atoms with E-state index in [9.17, 15) is 19.7 Å². The van der Waals surface area contributed by atoms with Gasteiger partial charge >= 0.3 is 11.7 Å². The third-order valence-corrected chi connectivity index (χ3v) is 2.23. The molecule has 0 saturated carbocycles. The van der Waals surface area contributed by atoms with Crippen LogP contribution in [0.1, 0.15) is 6.92 Å². The second-order valence-corrected chi connectivity index (χ2v) is 3.71. The monoisotopic (exact) mass is 270 g/mol. The number of amides is 1. The molecular formula is C10H14N4O5. The molecule has 0 unspecified atom stereocenters. The summed E-state index contributed by atoms with van der Waals surface area (Å²) in [4.78, 5) is 33.9. The molecule has 0 bridgehead atoms. The predicted molar refractivity (Wildman–Crippen MR) is 63.2 cm³/mol. The zero-order valence-electron chi connectivity index (χ0n) is 10.6. The molecule has 0 saturated heterocycles. The van der Waals surface area contributed by atoms with E-state index in [1.807, 2.05) is 0 Å². The average Bonchev–Trinajstić information content (AvgIpc) is 2.77. The Hall–Kier alpha value is -2.45. The first-order valence-electron chi connectivity index (χ1n) is 5.50. The molecule has 0 fully saturated rings. The van der Waals surface area contributed by atoms with Crippen molar-refractivity contribution < 1.29 is 19.2 Å². The van der Waals surface area contributed by atoms with Crippen molar-refractivity contribution in [2.45, 2.75) is 13.5 Å². The molecule has 0 atom stereocenters. The molecule has 19 heavy (non-hydrogen) atoms. The maximum Gasteiger partial charge on any atom is 0.325 e. The lowest BCUT2D eigenvalue weighted by Gasteiger charge is -2.15. The largest absolute Gasteiger partial charge is 0.465 e. The Labute approximate surface area is 108 Å². The third-order valence-electron chi connectivity index (χ3n) is 2.23. The zero-order valence-corrected chi connectivity index (χ0v) is 10.6. The summed E-state index contributed by atoms with van der Waals surface area (Å²) in [5.41, 5.74) is -0.194. The van der Waals surface area contributed by atoms with Gasteiger partial charge in [0.2, 0.25) is 5.91 Å². The maximum atomic E-state index is 11.7. The molecule has 0 aliphatic rings. The lowest BCUT2D eigenvalue weighted by Crippen LogP contribution is -2.35. The van der Waals surface area contributed by atoms with Gasteiger partial charge in [0.05, 0.1) is 11.5 Å². The average molecular weight is 270 g/mol. The van der Waals surface area contributed by atoms with Crippen molar-refractivity contribution in [2.75, 3.05) is 20.2 Å². The van der Waals surface area contributed by atoms with Crippen molar-refractivity contribution in [1.82, 2.24) is 14.7 Å². The van der Waals surface area contributed by atoms with Crippen molar-refractivity contribution >= 4 is 17.6 Å². The minimum atomic E-state index is -0.601. The Kier molecular flexibility index (Phi) is 4.98. The molecule has 0 N–H and O–H groups in total. The van der Waals surface area contributed by atoms with Gasteiger partial charge in [-0.05, 0) is 6.92 Å². The maximum absolute atomic E-state index is 11.7. The molecule has 9 nitrogen and oxygen atoms in total. The van der Waals surface area contributed by atoms with Gasteiger partial charge in [-0.15, -0.1) is 0 Å². The van der Waals surface area contributed by atoms with E-state index in [2.05, 4.69) is 5.10 Å². The predicted octanol–water partition coefficient (Wildman–Crippen LogP) is -0.187. The fraction of sp³-hybridized carbons (Fsp3) is 0.500. The summed E-state index contributed by atoms with van der Waals surface area (Å²) >= 11 is 0. The van der Waals surface area contributed by atoms with Gasteiger partial charge in [-0.3, -0.25) is 24.4 Å². The number of hydrogen-bond donors (Lipinski definition) is 0. The van der Waals surface area contributed by atoms with Crippen LogP contribution in [0.25, 0.3) is 0 Å². The van der Waals surface area contributed by atoms with Gasteiger partial charge < -0.3 is 9.64 Å². The number of aromatic nitrogens is 2. The Morgan fingerprint density at radius 1 is 1.58 bits per heavy atom. The normalized spacial score (nSPS) is 10.0. The first-order valence-corrected chi connectivity index (χ1v) is 5.50. The molecule has 0 aliphatic carbocycles. The molecule has 0 radical (unpaired) electrons. The van der Waals surface area contributed by atoms with Crippen LogP contribution in [0, 0.1) is 10.1 Å². The van der Waals surface area contributed by atoms with E-state index in [-0.39, 0.29) is 25.4 Å². The number of esters is 1. The lowest BCUT2D eigenvalue weighted by molar-refractivity contribution is -0.385. The van der Waals surface area contributed by atoms with E-state index in [1.165, 1.54) is 11.9 Å². The minimum absolute atomic E-state index is 0.171.